The normalized spacial score (nSPS) is 19.8. The minimum absolute atomic E-state index is 0.0237. The van der Waals surface area contributed by atoms with Crippen molar-refractivity contribution in [3.63, 3.8) is 0 Å². The van der Waals surface area contributed by atoms with E-state index in [0.717, 1.165) is 5.56 Å². The van der Waals surface area contributed by atoms with E-state index < -0.39 is 41.4 Å². The van der Waals surface area contributed by atoms with Crippen LogP contribution in [-0.2, 0) is 25.7 Å². The van der Waals surface area contributed by atoms with Crippen LogP contribution < -0.4 is 10.6 Å². The summed E-state index contributed by atoms with van der Waals surface area (Å²) in [6, 6.07) is 16.3. The Kier molecular flexibility index (Phi) is 7.91. The van der Waals surface area contributed by atoms with E-state index in [1.807, 2.05) is 24.3 Å². The van der Waals surface area contributed by atoms with Gasteiger partial charge in [-0.1, -0.05) is 60.7 Å². The number of methoxy groups -OCH3 is 1. The van der Waals surface area contributed by atoms with E-state index in [4.69, 9.17) is 9.47 Å². The van der Waals surface area contributed by atoms with Crippen LogP contribution in [0.4, 0.5) is 4.79 Å². The molecule has 8 nitrogen and oxygen atoms in total. The molecule has 0 aliphatic carbocycles. The number of thioether (sulfide) groups is 1. The number of aliphatic carboxylic acids is 1. The lowest BCUT2D eigenvalue weighted by Gasteiger charge is -2.30. The van der Waals surface area contributed by atoms with Gasteiger partial charge in [-0.3, -0.25) is 10.1 Å². The summed E-state index contributed by atoms with van der Waals surface area (Å²) in [4.78, 5) is 36.5. The van der Waals surface area contributed by atoms with Crippen molar-refractivity contribution >= 4 is 29.8 Å². The van der Waals surface area contributed by atoms with Crippen molar-refractivity contribution in [1.82, 2.24) is 10.6 Å². The SMILES string of the molecule is COC(=O)[C@@H]1CSC([C@H](c2ccccc2)[C@@H](NC(=O)OCc2ccccc2)C(=O)O)N1. The number of amides is 1. The molecule has 3 N–H and O–H groups in total. The molecule has 0 bridgehead atoms. The average molecular weight is 445 g/mol. The van der Waals surface area contributed by atoms with Crippen LogP contribution in [0.25, 0.3) is 0 Å². The fraction of sp³-hybridized carbons (Fsp3) is 0.318. The van der Waals surface area contributed by atoms with Gasteiger partial charge in [0.2, 0.25) is 0 Å². The molecular weight excluding hydrogens is 420 g/mol. The molecule has 1 fully saturated rings. The Balaban J connectivity index is 1.77. The van der Waals surface area contributed by atoms with E-state index in [0.29, 0.717) is 11.3 Å². The number of carboxylic acids is 1. The van der Waals surface area contributed by atoms with Crippen LogP contribution in [0.3, 0.4) is 0 Å². The van der Waals surface area contributed by atoms with E-state index in [1.165, 1.54) is 18.9 Å². The van der Waals surface area contributed by atoms with Crippen molar-refractivity contribution in [1.29, 1.82) is 0 Å². The third kappa shape index (κ3) is 5.99. The first-order valence-electron chi connectivity index (χ1n) is 9.70. The Hall–Kier alpha value is -3.04. The number of carbonyl (C=O) groups is 3. The van der Waals surface area contributed by atoms with E-state index in [-0.39, 0.29) is 6.61 Å². The zero-order chi connectivity index (χ0) is 22.2. The molecule has 1 amide bonds. The fourth-order valence-electron chi connectivity index (χ4n) is 3.39. The number of hydrogen-bond donors (Lipinski definition) is 3. The first kappa shape index (κ1) is 22.6. The molecule has 1 saturated heterocycles. The molecular formula is C22H24N2O6S. The number of carboxylic acid groups (broad SMARTS) is 1. The topological polar surface area (TPSA) is 114 Å². The first-order valence-corrected chi connectivity index (χ1v) is 10.7. The van der Waals surface area contributed by atoms with Crippen LogP contribution in [0, 0.1) is 0 Å². The zero-order valence-electron chi connectivity index (χ0n) is 16.9. The molecule has 1 heterocycles. The van der Waals surface area contributed by atoms with Crippen molar-refractivity contribution in [3.8, 4) is 0 Å². The average Bonchev–Trinajstić information content (AvgIpc) is 3.28. The molecule has 2 aromatic carbocycles. The predicted molar refractivity (Wildman–Crippen MR) is 116 cm³/mol. The molecule has 0 saturated carbocycles. The lowest BCUT2D eigenvalue weighted by molar-refractivity contribution is -0.142. The third-order valence-corrected chi connectivity index (χ3v) is 6.23. The number of esters is 1. The third-order valence-electron chi connectivity index (χ3n) is 4.92. The maximum Gasteiger partial charge on any atom is 0.408 e. The molecule has 31 heavy (non-hydrogen) atoms. The Labute approximate surface area is 184 Å². The second-order valence-corrected chi connectivity index (χ2v) is 8.13. The lowest BCUT2D eigenvalue weighted by Crippen LogP contribution is -2.51. The van der Waals surface area contributed by atoms with Crippen molar-refractivity contribution in [2.75, 3.05) is 12.9 Å². The van der Waals surface area contributed by atoms with Gasteiger partial charge in [-0.2, -0.15) is 0 Å². The maximum atomic E-state index is 12.4. The van der Waals surface area contributed by atoms with Gasteiger partial charge in [-0.15, -0.1) is 11.8 Å². The molecule has 3 rings (SSSR count). The molecule has 1 unspecified atom stereocenters. The van der Waals surface area contributed by atoms with Gasteiger partial charge in [0, 0.05) is 11.7 Å². The van der Waals surface area contributed by atoms with Gasteiger partial charge in [-0.05, 0) is 11.1 Å². The van der Waals surface area contributed by atoms with Gasteiger partial charge in [-0.25, -0.2) is 9.59 Å². The molecule has 2 aromatic rings. The molecule has 164 valence electrons. The predicted octanol–water partition coefficient (Wildman–Crippen LogP) is 2.35. The highest BCUT2D eigenvalue weighted by atomic mass is 32.2. The summed E-state index contributed by atoms with van der Waals surface area (Å²) in [5.41, 5.74) is 1.51. The molecule has 0 radical (unpaired) electrons. The van der Waals surface area contributed by atoms with E-state index >= 15 is 0 Å². The lowest BCUT2D eigenvalue weighted by atomic mass is 9.90. The molecule has 9 heteroatoms. The number of carbonyl (C=O) groups excluding carboxylic acids is 2. The Morgan fingerprint density at radius 1 is 1.13 bits per heavy atom. The smallest absolute Gasteiger partial charge is 0.408 e. The van der Waals surface area contributed by atoms with Crippen LogP contribution in [0.1, 0.15) is 17.0 Å². The highest BCUT2D eigenvalue weighted by Crippen LogP contribution is 2.35. The monoisotopic (exact) mass is 444 g/mol. The number of nitrogens with one attached hydrogen (secondary N) is 2. The van der Waals surface area contributed by atoms with Gasteiger partial charge in [0.1, 0.15) is 18.7 Å². The van der Waals surface area contributed by atoms with Gasteiger partial charge in [0.15, 0.2) is 0 Å². The van der Waals surface area contributed by atoms with Gasteiger partial charge in [0.25, 0.3) is 0 Å². The first-order chi connectivity index (χ1) is 15.0. The summed E-state index contributed by atoms with van der Waals surface area (Å²) in [5, 5.41) is 15.1. The Morgan fingerprint density at radius 2 is 1.77 bits per heavy atom. The summed E-state index contributed by atoms with van der Waals surface area (Å²) < 4.78 is 10.0. The maximum absolute atomic E-state index is 12.4. The van der Waals surface area contributed by atoms with Crippen molar-refractivity contribution in [2.24, 2.45) is 0 Å². The van der Waals surface area contributed by atoms with Crippen LogP contribution in [0.15, 0.2) is 60.7 Å². The number of rotatable bonds is 8. The van der Waals surface area contributed by atoms with Crippen molar-refractivity contribution in [2.45, 2.75) is 30.0 Å². The summed E-state index contributed by atoms with van der Waals surface area (Å²) in [5.74, 6) is -1.83. The summed E-state index contributed by atoms with van der Waals surface area (Å²) in [7, 11) is 1.31. The quantitative estimate of drug-likeness (QED) is 0.532. The summed E-state index contributed by atoms with van der Waals surface area (Å²) >= 11 is 1.41. The van der Waals surface area contributed by atoms with E-state index in [1.54, 1.807) is 36.4 Å². The summed E-state index contributed by atoms with van der Waals surface area (Å²) in [6.07, 6.45) is -0.829. The van der Waals surface area contributed by atoms with Gasteiger partial charge < -0.3 is 19.9 Å². The van der Waals surface area contributed by atoms with E-state index in [9.17, 15) is 19.5 Å². The minimum Gasteiger partial charge on any atom is -0.480 e. The number of hydrogen-bond acceptors (Lipinski definition) is 7. The second kappa shape index (κ2) is 10.8. The number of alkyl carbamates (subject to hydrolysis) is 1. The summed E-state index contributed by atoms with van der Waals surface area (Å²) in [6.45, 7) is 0.0237. The molecule has 1 aliphatic heterocycles. The highest BCUT2D eigenvalue weighted by Gasteiger charge is 2.42. The molecule has 0 spiro atoms. The highest BCUT2D eigenvalue weighted by molar-refractivity contribution is 8.00. The van der Waals surface area contributed by atoms with E-state index in [2.05, 4.69) is 10.6 Å². The van der Waals surface area contributed by atoms with Crippen LogP contribution in [0.5, 0.6) is 0 Å². The zero-order valence-corrected chi connectivity index (χ0v) is 17.7. The van der Waals surface area contributed by atoms with Gasteiger partial charge in [0.05, 0.1) is 12.5 Å². The minimum atomic E-state index is -1.27. The Morgan fingerprint density at radius 3 is 2.39 bits per heavy atom. The molecule has 4 atom stereocenters. The standard InChI is InChI=1S/C22H24N2O6S/c1-29-21(27)16-13-31-19(23-16)17(15-10-6-3-7-11-15)18(20(25)26)24-22(28)30-12-14-8-4-2-5-9-14/h2-11,16-19,23H,12-13H2,1H3,(H,24,28)(H,25,26)/t16-,17+,18+,19?/m0/s1. The van der Waals surface area contributed by atoms with Crippen LogP contribution in [-0.4, -0.2) is 53.5 Å². The number of ether oxygens (including phenoxy) is 2. The van der Waals surface area contributed by atoms with Crippen molar-refractivity contribution in [3.05, 3.63) is 71.8 Å². The Bertz CT molecular complexity index is 895. The largest absolute Gasteiger partial charge is 0.480 e. The molecule has 0 aromatic heterocycles. The fourth-order valence-corrected chi connectivity index (χ4v) is 4.81. The van der Waals surface area contributed by atoms with Crippen LogP contribution >= 0.6 is 11.8 Å². The number of benzene rings is 2. The second-order valence-electron chi connectivity index (χ2n) is 6.95. The van der Waals surface area contributed by atoms with Crippen LogP contribution in [0.2, 0.25) is 0 Å². The van der Waals surface area contributed by atoms with Gasteiger partial charge >= 0.3 is 18.0 Å². The molecule has 1 aliphatic rings. The van der Waals surface area contributed by atoms with Crippen molar-refractivity contribution < 1.29 is 29.0 Å².